The predicted molar refractivity (Wildman–Crippen MR) is 61.3 cm³/mol. The molecule has 92 valence electrons. The molecular weight excluding hydrogens is 222 g/mol. The molecule has 0 amide bonds. The topological polar surface area (TPSA) is 78.6 Å². The molecule has 0 unspecified atom stereocenters. The third-order valence-electron chi connectivity index (χ3n) is 2.16. The summed E-state index contributed by atoms with van der Waals surface area (Å²) in [6.45, 7) is 1.32. The Balaban J connectivity index is 2.76. The van der Waals surface area contributed by atoms with E-state index in [-0.39, 0.29) is 12.4 Å². The zero-order valence-corrected chi connectivity index (χ0v) is 9.80. The van der Waals surface area contributed by atoms with Gasteiger partial charge in [0.1, 0.15) is 5.75 Å². The minimum atomic E-state index is -0.474. The Hall–Kier alpha value is -1.88. The number of methoxy groups -OCH3 is 1. The molecule has 0 aliphatic heterocycles. The van der Waals surface area contributed by atoms with Crippen LogP contribution in [0.2, 0.25) is 0 Å². The summed E-state index contributed by atoms with van der Waals surface area (Å²) in [6, 6.07) is 6.29. The van der Waals surface area contributed by atoms with Gasteiger partial charge in [-0.05, 0) is 17.7 Å². The van der Waals surface area contributed by atoms with Crippen molar-refractivity contribution in [1.82, 2.24) is 0 Å². The molecule has 0 radical (unpaired) electrons. The summed E-state index contributed by atoms with van der Waals surface area (Å²) in [5.74, 6) is -0.366. The Kier molecular flexibility index (Phi) is 4.66. The molecule has 5 heteroatoms. The fraction of sp³-hybridized carbons (Fsp3) is 0.333. The molecule has 2 N–H and O–H groups in total. The number of rotatable bonds is 4. The smallest absolute Gasteiger partial charge is 0.308 e. The quantitative estimate of drug-likeness (QED) is 0.628. The molecule has 1 aromatic rings. The second-order valence-electron chi connectivity index (χ2n) is 3.55. The fourth-order valence-corrected chi connectivity index (χ4v) is 1.36. The van der Waals surface area contributed by atoms with Crippen molar-refractivity contribution in [3.8, 4) is 5.75 Å². The second kappa shape index (κ2) is 6.00. The van der Waals surface area contributed by atoms with Crippen LogP contribution < -0.4 is 10.5 Å². The molecule has 0 saturated heterocycles. The van der Waals surface area contributed by atoms with E-state index in [0.717, 1.165) is 0 Å². The van der Waals surface area contributed by atoms with Crippen molar-refractivity contribution in [3.63, 3.8) is 0 Å². The van der Waals surface area contributed by atoms with Gasteiger partial charge >= 0.3 is 11.9 Å². The average Bonchev–Trinajstić information content (AvgIpc) is 2.28. The van der Waals surface area contributed by atoms with Crippen LogP contribution in [-0.2, 0) is 14.3 Å². The number of benzene rings is 1. The Morgan fingerprint density at radius 1 is 1.41 bits per heavy atom. The number of ether oxygens (including phenoxy) is 2. The highest BCUT2D eigenvalue weighted by atomic mass is 16.5. The Labute approximate surface area is 99.5 Å². The lowest BCUT2D eigenvalue weighted by atomic mass is 10.0. The summed E-state index contributed by atoms with van der Waals surface area (Å²) in [4.78, 5) is 21.9. The molecule has 0 fully saturated rings. The first-order chi connectivity index (χ1) is 8.02. The van der Waals surface area contributed by atoms with Gasteiger partial charge < -0.3 is 15.2 Å². The lowest BCUT2D eigenvalue weighted by Gasteiger charge is -2.11. The molecule has 1 atom stereocenters. The largest absolute Gasteiger partial charge is 0.469 e. The van der Waals surface area contributed by atoms with Crippen molar-refractivity contribution in [1.29, 1.82) is 0 Å². The van der Waals surface area contributed by atoms with Crippen molar-refractivity contribution < 1.29 is 19.1 Å². The normalized spacial score (nSPS) is 11.7. The summed E-state index contributed by atoms with van der Waals surface area (Å²) in [5.41, 5.74) is 6.55. The van der Waals surface area contributed by atoms with Gasteiger partial charge in [0.2, 0.25) is 0 Å². The summed E-state index contributed by atoms with van der Waals surface area (Å²) in [6.07, 6.45) is 0.0834. The lowest BCUT2D eigenvalue weighted by molar-refractivity contribution is -0.141. The minimum Gasteiger partial charge on any atom is -0.469 e. The highest BCUT2D eigenvalue weighted by Crippen LogP contribution is 2.20. The van der Waals surface area contributed by atoms with Gasteiger partial charge in [0, 0.05) is 13.0 Å². The Bertz CT molecular complexity index is 417. The maximum Gasteiger partial charge on any atom is 0.308 e. The van der Waals surface area contributed by atoms with Crippen molar-refractivity contribution in [2.24, 2.45) is 5.73 Å². The van der Waals surface area contributed by atoms with Crippen LogP contribution in [0.4, 0.5) is 0 Å². The number of esters is 2. The van der Waals surface area contributed by atoms with Gasteiger partial charge in [0.25, 0.3) is 0 Å². The van der Waals surface area contributed by atoms with Gasteiger partial charge in [0.15, 0.2) is 0 Å². The summed E-state index contributed by atoms with van der Waals surface area (Å²) in [7, 11) is 1.31. The minimum absolute atomic E-state index is 0.0834. The highest BCUT2D eigenvalue weighted by molar-refractivity contribution is 5.70. The summed E-state index contributed by atoms with van der Waals surface area (Å²) < 4.78 is 9.46. The Morgan fingerprint density at radius 2 is 2.12 bits per heavy atom. The van der Waals surface area contributed by atoms with Gasteiger partial charge in [-0.25, -0.2) is 0 Å². The molecule has 0 heterocycles. The SMILES string of the molecule is COC(=O)C[C@@H](N)c1cccc(OC(C)=O)c1. The first-order valence-electron chi connectivity index (χ1n) is 5.13. The zero-order valence-electron chi connectivity index (χ0n) is 9.80. The molecule has 0 aliphatic rings. The monoisotopic (exact) mass is 237 g/mol. The average molecular weight is 237 g/mol. The molecule has 0 aromatic heterocycles. The third kappa shape index (κ3) is 4.24. The van der Waals surface area contributed by atoms with Gasteiger partial charge in [-0.1, -0.05) is 12.1 Å². The van der Waals surface area contributed by atoms with Gasteiger partial charge in [0.05, 0.1) is 13.5 Å². The van der Waals surface area contributed by atoms with Crippen LogP contribution >= 0.6 is 0 Å². The molecule has 1 rings (SSSR count). The van der Waals surface area contributed by atoms with Crippen LogP contribution in [0.1, 0.15) is 24.9 Å². The van der Waals surface area contributed by atoms with E-state index in [9.17, 15) is 9.59 Å². The molecule has 5 nitrogen and oxygen atoms in total. The van der Waals surface area contributed by atoms with Crippen LogP contribution in [0.5, 0.6) is 5.75 Å². The van der Waals surface area contributed by atoms with Crippen LogP contribution in [0.25, 0.3) is 0 Å². The van der Waals surface area contributed by atoms with E-state index >= 15 is 0 Å². The zero-order chi connectivity index (χ0) is 12.8. The van der Waals surface area contributed by atoms with Crippen molar-refractivity contribution in [2.75, 3.05) is 7.11 Å². The maximum atomic E-state index is 11.1. The van der Waals surface area contributed by atoms with Crippen molar-refractivity contribution >= 4 is 11.9 Å². The Morgan fingerprint density at radius 3 is 2.71 bits per heavy atom. The first-order valence-corrected chi connectivity index (χ1v) is 5.13. The predicted octanol–water partition coefficient (Wildman–Crippen LogP) is 1.17. The maximum absolute atomic E-state index is 11.1. The number of carbonyl (C=O) groups is 2. The van der Waals surface area contributed by atoms with Crippen molar-refractivity contribution in [3.05, 3.63) is 29.8 Å². The van der Waals surface area contributed by atoms with Crippen LogP contribution in [0, 0.1) is 0 Å². The standard InChI is InChI=1S/C12H15NO4/c1-8(14)17-10-5-3-4-9(6-10)11(13)7-12(15)16-2/h3-6,11H,7,13H2,1-2H3/t11-/m1/s1. The number of carbonyl (C=O) groups excluding carboxylic acids is 2. The molecule has 0 spiro atoms. The molecule has 0 bridgehead atoms. The second-order valence-corrected chi connectivity index (χ2v) is 3.55. The molecule has 0 aliphatic carbocycles. The van der Waals surface area contributed by atoms with E-state index in [1.165, 1.54) is 14.0 Å². The number of hydrogen-bond donors (Lipinski definition) is 1. The number of nitrogens with two attached hydrogens (primary N) is 1. The van der Waals surface area contributed by atoms with E-state index in [2.05, 4.69) is 4.74 Å². The van der Waals surface area contributed by atoms with Crippen LogP contribution in [-0.4, -0.2) is 19.0 Å². The molecule has 1 aromatic carbocycles. The van der Waals surface area contributed by atoms with Gasteiger partial charge in [-0.15, -0.1) is 0 Å². The van der Waals surface area contributed by atoms with E-state index in [4.69, 9.17) is 10.5 Å². The van der Waals surface area contributed by atoms with Crippen molar-refractivity contribution in [2.45, 2.75) is 19.4 Å². The first kappa shape index (κ1) is 13.2. The third-order valence-corrected chi connectivity index (χ3v) is 2.16. The van der Waals surface area contributed by atoms with E-state index in [1.807, 2.05) is 0 Å². The van der Waals surface area contributed by atoms with E-state index in [1.54, 1.807) is 24.3 Å². The number of hydrogen-bond acceptors (Lipinski definition) is 5. The molecule has 17 heavy (non-hydrogen) atoms. The van der Waals surface area contributed by atoms with E-state index in [0.29, 0.717) is 11.3 Å². The van der Waals surface area contributed by atoms with Gasteiger partial charge in [-0.3, -0.25) is 9.59 Å². The summed E-state index contributed by atoms with van der Waals surface area (Å²) >= 11 is 0. The molecule has 0 saturated carbocycles. The van der Waals surface area contributed by atoms with E-state index < -0.39 is 12.0 Å². The summed E-state index contributed by atoms with van der Waals surface area (Å²) in [5, 5.41) is 0. The fourth-order valence-electron chi connectivity index (χ4n) is 1.36. The molecular formula is C12H15NO4. The van der Waals surface area contributed by atoms with Gasteiger partial charge in [-0.2, -0.15) is 0 Å². The van der Waals surface area contributed by atoms with Crippen LogP contribution in [0.3, 0.4) is 0 Å². The lowest BCUT2D eigenvalue weighted by Crippen LogP contribution is -2.16. The highest BCUT2D eigenvalue weighted by Gasteiger charge is 2.12. The van der Waals surface area contributed by atoms with Crippen LogP contribution in [0.15, 0.2) is 24.3 Å².